The van der Waals surface area contributed by atoms with Crippen molar-refractivity contribution >= 4 is 9.76 Å². The standard InChI is InChI=1S/C3H8O2Si/c4-2-1-3-6-5/h1-2,4-5H,3,6H2. The molecule has 6 heavy (non-hydrogen) atoms. The summed E-state index contributed by atoms with van der Waals surface area (Å²) in [4.78, 5) is 8.17. The minimum Gasteiger partial charge on any atom is -0.516 e. The van der Waals surface area contributed by atoms with E-state index in [4.69, 9.17) is 9.90 Å². The number of hydrogen-bond donors (Lipinski definition) is 2. The van der Waals surface area contributed by atoms with Gasteiger partial charge in [-0.05, 0) is 6.04 Å². The first-order chi connectivity index (χ1) is 2.91. The van der Waals surface area contributed by atoms with E-state index in [1.165, 1.54) is 0 Å². The summed E-state index contributed by atoms with van der Waals surface area (Å²) in [5.74, 6) is 0. The lowest BCUT2D eigenvalue weighted by atomic mass is 10.7. The molecule has 36 valence electrons. The normalized spacial score (nSPS) is 12.2. The Morgan fingerprint density at radius 3 is 2.50 bits per heavy atom. The first kappa shape index (κ1) is 5.72. The molecule has 0 aromatic rings. The molecule has 0 aliphatic rings. The van der Waals surface area contributed by atoms with Crippen LogP contribution in [0.5, 0.6) is 0 Å². The molecular weight excluding hydrogens is 96.1 g/mol. The van der Waals surface area contributed by atoms with Crippen molar-refractivity contribution in [1.29, 1.82) is 0 Å². The number of rotatable bonds is 2. The van der Waals surface area contributed by atoms with Gasteiger partial charge in [0.15, 0.2) is 9.76 Å². The van der Waals surface area contributed by atoms with E-state index in [2.05, 4.69) is 0 Å². The van der Waals surface area contributed by atoms with Gasteiger partial charge in [-0.15, -0.1) is 0 Å². The van der Waals surface area contributed by atoms with Gasteiger partial charge in [0.1, 0.15) is 0 Å². The number of aliphatic hydroxyl groups excluding tert-OH is 1. The largest absolute Gasteiger partial charge is 0.516 e. The third-order valence-electron chi connectivity index (χ3n) is 0.401. The SMILES string of the molecule is OC=CC[SiH2]O. The number of aliphatic hydroxyl groups is 1. The van der Waals surface area contributed by atoms with Crippen LogP contribution in [0.4, 0.5) is 0 Å². The molecule has 0 aromatic heterocycles. The van der Waals surface area contributed by atoms with Gasteiger partial charge < -0.3 is 9.90 Å². The Morgan fingerprint density at radius 1 is 1.67 bits per heavy atom. The van der Waals surface area contributed by atoms with Crippen LogP contribution in [0, 0.1) is 0 Å². The molecule has 0 unspecified atom stereocenters. The summed E-state index contributed by atoms with van der Waals surface area (Å²) in [6.45, 7) is 0. The summed E-state index contributed by atoms with van der Waals surface area (Å²) in [6, 6.07) is 0.677. The fraction of sp³-hybridized carbons (Fsp3) is 0.333. The fourth-order valence-corrected chi connectivity index (χ4v) is 0.447. The van der Waals surface area contributed by atoms with Crippen LogP contribution in [0.25, 0.3) is 0 Å². The molecule has 0 amide bonds. The third-order valence-corrected chi connectivity index (χ3v) is 0.993. The maximum absolute atomic E-state index is 8.17. The molecule has 0 radical (unpaired) electrons. The van der Waals surface area contributed by atoms with E-state index in [1.54, 1.807) is 6.08 Å². The zero-order valence-corrected chi connectivity index (χ0v) is 4.88. The monoisotopic (exact) mass is 104 g/mol. The maximum atomic E-state index is 8.17. The topological polar surface area (TPSA) is 40.5 Å². The second kappa shape index (κ2) is 4.72. The fourth-order valence-electron chi connectivity index (χ4n) is 0.149. The van der Waals surface area contributed by atoms with Gasteiger partial charge in [-0.2, -0.15) is 0 Å². The first-order valence-electron chi connectivity index (χ1n) is 1.82. The Kier molecular flexibility index (Phi) is 4.49. The van der Waals surface area contributed by atoms with Crippen molar-refractivity contribution in [3.63, 3.8) is 0 Å². The quantitative estimate of drug-likeness (QED) is 0.368. The molecule has 0 aliphatic carbocycles. The molecular formula is C3H8O2Si. The number of allylic oxidation sites excluding steroid dienone is 1. The van der Waals surface area contributed by atoms with Crippen LogP contribution in [-0.2, 0) is 0 Å². The van der Waals surface area contributed by atoms with Crippen LogP contribution in [0.15, 0.2) is 12.3 Å². The zero-order chi connectivity index (χ0) is 4.83. The molecule has 2 N–H and O–H groups in total. The van der Waals surface area contributed by atoms with Crippen molar-refractivity contribution in [2.24, 2.45) is 0 Å². The van der Waals surface area contributed by atoms with E-state index >= 15 is 0 Å². The summed E-state index contributed by atoms with van der Waals surface area (Å²) < 4.78 is 0. The molecule has 2 nitrogen and oxygen atoms in total. The van der Waals surface area contributed by atoms with E-state index in [-0.39, 0.29) is 0 Å². The lowest BCUT2D eigenvalue weighted by Gasteiger charge is -1.74. The molecule has 0 saturated carbocycles. The highest BCUT2D eigenvalue weighted by Gasteiger charge is 1.69. The predicted octanol–water partition coefficient (Wildman–Crippen LogP) is -0.448. The Bertz CT molecular complexity index is 44.1. The van der Waals surface area contributed by atoms with E-state index in [0.717, 1.165) is 6.26 Å². The van der Waals surface area contributed by atoms with Crippen LogP contribution in [0.2, 0.25) is 6.04 Å². The highest BCUT2D eigenvalue weighted by molar-refractivity contribution is 6.25. The van der Waals surface area contributed by atoms with Gasteiger partial charge in [0.2, 0.25) is 0 Å². The Balaban J connectivity index is 2.66. The van der Waals surface area contributed by atoms with Gasteiger partial charge in [-0.1, -0.05) is 6.08 Å². The second-order valence-corrected chi connectivity index (χ2v) is 1.92. The minimum atomic E-state index is -0.844. The highest BCUT2D eigenvalue weighted by Crippen LogP contribution is 1.73. The molecule has 0 atom stereocenters. The van der Waals surface area contributed by atoms with Gasteiger partial charge in [-0.3, -0.25) is 0 Å². The van der Waals surface area contributed by atoms with Crippen LogP contribution < -0.4 is 0 Å². The van der Waals surface area contributed by atoms with Crippen molar-refractivity contribution < 1.29 is 9.90 Å². The number of hydrogen-bond acceptors (Lipinski definition) is 2. The van der Waals surface area contributed by atoms with Crippen molar-refractivity contribution in [3.05, 3.63) is 12.3 Å². The minimum absolute atomic E-state index is 0.677. The van der Waals surface area contributed by atoms with Gasteiger partial charge in [-0.25, -0.2) is 0 Å². The van der Waals surface area contributed by atoms with Gasteiger partial charge in [0, 0.05) is 0 Å². The molecule has 0 saturated heterocycles. The zero-order valence-electron chi connectivity index (χ0n) is 3.46. The van der Waals surface area contributed by atoms with Crippen molar-refractivity contribution in [2.75, 3.05) is 0 Å². The van der Waals surface area contributed by atoms with Crippen LogP contribution in [-0.4, -0.2) is 19.7 Å². The average molecular weight is 104 g/mol. The van der Waals surface area contributed by atoms with E-state index in [0.29, 0.717) is 6.04 Å². The molecule has 0 spiro atoms. The van der Waals surface area contributed by atoms with Crippen molar-refractivity contribution in [1.82, 2.24) is 0 Å². The maximum Gasteiger partial charge on any atom is 0.160 e. The summed E-state index contributed by atoms with van der Waals surface area (Å²) in [5.41, 5.74) is 0. The van der Waals surface area contributed by atoms with Crippen molar-refractivity contribution in [2.45, 2.75) is 6.04 Å². The Hall–Kier alpha value is -0.283. The molecule has 3 heteroatoms. The molecule has 0 aliphatic heterocycles. The summed E-state index contributed by atoms with van der Waals surface area (Å²) >= 11 is 0. The van der Waals surface area contributed by atoms with E-state index in [9.17, 15) is 0 Å². The van der Waals surface area contributed by atoms with E-state index in [1.807, 2.05) is 0 Å². The summed E-state index contributed by atoms with van der Waals surface area (Å²) in [7, 11) is -0.844. The second-order valence-electron chi connectivity index (χ2n) is 0.897. The summed E-state index contributed by atoms with van der Waals surface area (Å²) in [6.07, 6.45) is 2.51. The Labute approximate surface area is 39.1 Å². The average Bonchev–Trinajstić information content (AvgIpc) is 1.61. The highest BCUT2D eigenvalue weighted by atomic mass is 28.2. The summed E-state index contributed by atoms with van der Waals surface area (Å²) in [5, 5.41) is 7.93. The molecule has 0 heterocycles. The van der Waals surface area contributed by atoms with Crippen LogP contribution >= 0.6 is 0 Å². The third kappa shape index (κ3) is 3.72. The van der Waals surface area contributed by atoms with Crippen LogP contribution in [0.1, 0.15) is 0 Å². The smallest absolute Gasteiger partial charge is 0.160 e. The lowest BCUT2D eigenvalue weighted by Crippen LogP contribution is -1.79. The van der Waals surface area contributed by atoms with Gasteiger partial charge in [0.25, 0.3) is 0 Å². The first-order valence-corrected chi connectivity index (χ1v) is 3.45. The van der Waals surface area contributed by atoms with E-state index < -0.39 is 9.76 Å². The molecule has 0 rings (SSSR count). The lowest BCUT2D eigenvalue weighted by molar-refractivity contribution is 0.472. The Morgan fingerprint density at radius 2 is 2.33 bits per heavy atom. The van der Waals surface area contributed by atoms with Gasteiger partial charge >= 0.3 is 0 Å². The van der Waals surface area contributed by atoms with Crippen LogP contribution in [0.3, 0.4) is 0 Å². The molecule has 0 aromatic carbocycles. The predicted molar refractivity (Wildman–Crippen MR) is 27.3 cm³/mol. The van der Waals surface area contributed by atoms with Gasteiger partial charge in [0.05, 0.1) is 6.26 Å². The van der Waals surface area contributed by atoms with Crippen molar-refractivity contribution in [3.8, 4) is 0 Å². The molecule has 0 bridgehead atoms. The molecule has 0 fully saturated rings.